The molecule has 2 heterocycles. The molecule has 2 aromatic rings. The summed E-state index contributed by atoms with van der Waals surface area (Å²) in [5.41, 5.74) is 2.04. The summed E-state index contributed by atoms with van der Waals surface area (Å²) in [5, 5.41) is 0. The number of anilines is 1. The van der Waals surface area contributed by atoms with Gasteiger partial charge >= 0.3 is 0 Å². The minimum absolute atomic E-state index is 0.0723. The van der Waals surface area contributed by atoms with Crippen LogP contribution >= 0.6 is 0 Å². The molecule has 0 N–H and O–H groups in total. The highest BCUT2D eigenvalue weighted by Crippen LogP contribution is 2.60. The summed E-state index contributed by atoms with van der Waals surface area (Å²) in [7, 11) is 1.62. The molecule has 0 bridgehead atoms. The monoisotopic (exact) mass is 433 g/mol. The van der Waals surface area contributed by atoms with Gasteiger partial charge in [0.2, 0.25) is 5.91 Å². The zero-order valence-corrected chi connectivity index (χ0v) is 18.7. The van der Waals surface area contributed by atoms with Crippen molar-refractivity contribution >= 4 is 17.5 Å². The van der Waals surface area contributed by atoms with Crippen LogP contribution in [0.1, 0.15) is 29.6 Å². The molecule has 1 aliphatic carbocycles. The van der Waals surface area contributed by atoms with Crippen molar-refractivity contribution < 1.29 is 14.3 Å². The molecule has 0 radical (unpaired) electrons. The second-order valence-corrected chi connectivity index (χ2v) is 9.29. The van der Waals surface area contributed by atoms with Gasteiger partial charge in [0.1, 0.15) is 5.75 Å². The van der Waals surface area contributed by atoms with Gasteiger partial charge in [0, 0.05) is 56.4 Å². The average Bonchev–Trinajstić information content (AvgIpc) is 3.57. The summed E-state index contributed by atoms with van der Waals surface area (Å²) < 4.78 is 5.18. The number of carbonyl (C=O) groups excluding carboxylic acids is 2. The molecule has 2 saturated heterocycles. The number of piperazine rings is 1. The topological polar surface area (TPSA) is 53.1 Å². The lowest BCUT2D eigenvalue weighted by Gasteiger charge is -2.37. The molecule has 6 heteroatoms. The Labute approximate surface area is 189 Å². The second kappa shape index (κ2) is 8.49. The fraction of sp³-hybridized carbons (Fsp3) is 0.462. The molecule has 2 aliphatic heterocycles. The van der Waals surface area contributed by atoms with E-state index in [1.54, 1.807) is 7.11 Å². The van der Waals surface area contributed by atoms with Gasteiger partial charge in [-0.05, 0) is 61.1 Å². The van der Waals surface area contributed by atoms with E-state index in [-0.39, 0.29) is 17.2 Å². The zero-order chi connectivity index (χ0) is 22.1. The molecule has 1 spiro atoms. The third-order valence-corrected chi connectivity index (χ3v) is 7.58. The number of methoxy groups -OCH3 is 1. The standard InChI is InChI=1S/C26H31N3O3/c1-32-22-9-7-20(8-10-22)24(30)28-13-11-26(12-14-28)19-23(26)25(31)29-17-15-27(16-18-29)21-5-3-2-4-6-21/h2-10,23H,11-19H2,1H3/t23-/m1/s1. The largest absolute Gasteiger partial charge is 0.497 e. The van der Waals surface area contributed by atoms with Crippen molar-refractivity contribution in [1.82, 2.24) is 9.80 Å². The molecule has 6 nitrogen and oxygen atoms in total. The number of piperidine rings is 1. The van der Waals surface area contributed by atoms with Crippen LogP contribution in [-0.2, 0) is 4.79 Å². The molecular formula is C26H31N3O3. The van der Waals surface area contributed by atoms with Gasteiger partial charge in [0.05, 0.1) is 7.11 Å². The van der Waals surface area contributed by atoms with Crippen molar-refractivity contribution in [3.05, 3.63) is 60.2 Å². The number of likely N-dealkylation sites (tertiary alicyclic amines) is 1. The van der Waals surface area contributed by atoms with E-state index in [1.807, 2.05) is 35.2 Å². The lowest BCUT2D eigenvalue weighted by Crippen LogP contribution is -2.50. The van der Waals surface area contributed by atoms with Crippen LogP contribution in [0.5, 0.6) is 5.75 Å². The van der Waals surface area contributed by atoms with Gasteiger partial charge in [0.25, 0.3) is 5.91 Å². The number of carbonyl (C=O) groups is 2. The van der Waals surface area contributed by atoms with Crippen LogP contribution in [0.15, 0.2) is 54.6 Å². The van der Waals surface area contributed by atoms with Crippen molar-refractivity contribution in [2.45, 2.75) is 19.3 Å². The minimum atomic E-state index is 0.0723. The number of hydrogen-bond acceptors (Lipinski definition) is 4. The number of para-hydroxylation sites is 1. The highest BCUT2D eigenvalue weighted by atomic mass is 16.5. The molecule has 0 unspecified atom stereocenters. The third-order valence-electron chi connectivity index (χ3n) is 7.58. The Morgan fingerprint density at radius 3 is 2.12 bits per heavy atom. The van der Waals surface area contributed by atoms with Crippen molar-refractivity contribution in [2.75, 3.05) is 51.3 Å². The van der Waals surface area contributed by atoms with Gasteiger partial charge in [-0.25, -0.2) is 0 Å². The predicted molar refractivity (Wildman–Crippen MR) is 124 cm³/mol. The van der Waals surface area contributed by atoms with Crippen LogP contribution in [0.25, 0.3) is 0 Å². The number of rotatable bonds is 4. The Balaban J connectivity index is 1.12. The van der Waals surface area contributed by atoms with Gasteiger partial charge in [0.15, 0.2) is 0 Å². The van der Waals surface area contributed by atoms with Gasteiger partial charge < -0.3 is 19.4 Å². The first-order valence-electron chi connectivity index (χ1n) is 11.6. The first-order chi connectivity index (χ1) is 15.6. The normalized spacial score (nSPS) is 22.0. The molecule has 2 amide bonds. The number of amides is 2. The molecule has 3 aliphatic rings. The first kappa shape index (κ1) is 20.9. The Morgan fingerprint density at radius 2 is 1.50 bits per heavy atom. The van der Waals surface area contributed by atoms with Crippen molar-refractivity contribution in [3.63, 3.8) is 0 Å². The van der Waals surface area contributed by atoms with Crippen LogP contribution in [-0.4, -0.2) is 68.0 Å². The summed E-state index contributed by atoms with van der Waals surface area (Å²) in [4.78, 5) is 32.4. The molecule has 3 fully saturated rings. The van der Waals surface area contributed by atoms with Gasteiger partial charge in [-0.3, -0.25) is 9.59 Å². The van der Waals surface area contributed by atoms with Crippen LogP contribution in [0.4, 0.5) is 5.69 Å². The van der Waals surface area contributed by atoms with E-state index in [0.29, 0.717) is 11.5 Å². The summed E-state index contributed by atoms with van der Waals surface area (Å²) in [6.07, 6.45) is 2.83. The minimum Gasteiger partial charge on any atom is -0.497 e. The van der Waals surface area contributed by atoms with E-state index in [1.165, 1.54) is 5.69 Å². The van der Waals surface area contributed by atoms with Crippen molar-refractivity contribution in [3.8, 4) is 5.75 Å². The quantitative estimate of drug-likeness (QED) is 0.743. The maximum Gasteiger partial charge on any atom is 0.253 e. The Hall–Kier alpha value is -3.02. The van der Waals surface area contributed by atoms with E-state index in [9.17, 15) is 9.59 Å². The molecule has 2 aromatic carbocycles. The van der Waals surface area contributed by atoms with Gasteiger partial charge in [-0.2, -0.15) is 0 Å². The highest BCUT2D eigenvalue weighted by Gasteiger charge is 2.59. The second-order valence-electron chi connectivity index (χ2n) is 9.29. The molecule has 1 saturated carbocycles. The SMILES string of the molecule is COc1ccc(C(=O)N2CCC3(CC2)C[C@@H]3C(=O)N2CCN(c3ccccc3)CC2)cc1. The van der Waals surface area contributed by atoms with Crippen LogP contribution in [0.3, 0.4) is 0 Å². The van der Waals surface area contributed by atoms with Crippen LogP contribution in [0.2, 0.25) is 0 Å². The zero-order valence-electron chi connectivity index (χ0n) is 18.7. The Kier molecular flexibility index (Phi) is 5.53. The maximum absolute atomic E-state index is 13.2. The summed E-state index contributed by atoms with van der Waals surface area (Å²) in [5.74, 6) is 1.29. The average molecular weight is 434 g/mol. The van der Waals surface area contributed by atoms with E-state index >= 15 is 0 Å². The third kappa shape index (κ3) is 3.94. The fourth-order valence-corrected chi connectivity index (χ4v) is 5.36. The molecule has 1 atom stereocenters. The lowest BCUT2D eigenvalue weighted by atomic mass is 9.90. The predicted octanol–water partition coefficient (Wildman–Crippen LogP) is 3.29. The fourth-order valence-electron chi connectivity index (χ4n) is 5.36. The Morgan fingerprint density at radius 1 is 0.844 bits per heavy atom. The van der Waals surface area contributed by atoms with E-state index < -0.39 is 0 Å². The van der Waals surface area contributed by atoms with Gasteiger partial charge in [-0.1, -0.05) is 18.2 Å². The smallest absolute Gasteiger partial charge is 0.253 e. The highest BCUT2D eigenvalue weighted by molar-refractivity contribution is 5.94. The molecule has 168 valence electrons. The lowest BCUT2D eigenvalue weighted by molar-refractivity contribution is -0.134. The summed E-state index contributed by atoms with van der Waals surface area (Å²) in [6.45, 7) is 4.83. The van der Waals surface area contributed by atoms with E-state index in [4.69, 9.17) is 4.74 Å². The van der Waals surface area contributed by atoms with Crippen LogP contribution < -0.4 is 9.64 Å². The number of benzene rings is 2. The first-order valence-corrected chi connectivity index (χ1v) is 11.6. The van der Waals surface area contributed by atoms with Gasteiger partial charge in [-0.15, -0.1) is 0 Å². The van der Waals surface area contributed by atoms with E-state index in [2.05, 4.69) is 34.1 Å². The number of ether oxygens (including phenoxy) is 1. The molecule has 0 aromatic heterocycles. The molecular weight excluding hydrogens is 402 g/mol. The summed E-state index contributed by atoms with van der Waals surface area (Å²) in [6, 6.07) is 17.7. The maximum atomic E-state index is 13.2. The number of hydrogen-bond donors (Lipinski definition) is 0. The van der Waals surface area contributed by atoms with Crippen molar-refractivity contribution in [2.24, 2.45) is 11.3 Å². The van der Waals surface area contributed by atoms with E-state index in [0.717, 1.165) is 64.3 Å². The molecule has 5 rings (SSSR count). The molecule has 32 heavy (non-hydrogen) atoms. The van der Waals surface area contributed by atoms with Crippen LogP contribution in [0, 0.1) is 11.3 Å². The number of nitrogens with zero attached hydrogens (tertiary/aromatic N) is 3. The van der Waals surface area contributed by atoms with Crippen molar-refractivity contribution in [1.29, 1.82) is 0 Å². The summed E-state index contributed by atoms with van der Waals surface area (Å²) >= 11 is 0. The Bertz CT molecular complexity index is 960.